The van der Waals surface area contributed by atoms with Crippen LogP contribution in [0.15, 0.2) is 79.0 Å². The number of nitrogens with zero attached hydrogens (tertiary/aromatic N) is 6. The molecule has 1 aliphatic heterocycles. The van der Waals surface area contributed by atoms with E-state index in [2.05, 4.69) is 63.0 Å². The Morgan fingerprint density at radius 3 is 2.26 bits per heavy atom. The quantitative estimate of drug-likeness (QED) is 0.236. The van der Waals surface area contributed by atoms with Crippen LogP contribution in [0, 0.1) is 5.41 Å². The Balaban J connectivity index is 0.00000372. The molecule has 4 heterocycles. The van der Waals surface area contributed by atoms with E-state index in [1.807, 2.05) is 49.9 Å². The van der Waals surface area contributed by atoms with Gasteiger partial charge in [0, 0.05) is 60.3 Å². The van der Waals surface area contributed by atoms with E-state index < -0.39 is 0 Å². The SMILES string of the molecule is CC(C)(C)C(=O)N1CCN(c2cccc(-c3ccc4nc(-c5cccnc5N)n(-c5ccc(C6(N)CCC6)cc5)c4n3)c2)CC1.Cl. The van der Waals surface area contributed by atoms with Gasteiger partial charge in [0.15, 0.2) is 11.5 Å². The lowest BCUT2D eigenvalue weighted by atomic mass is 9.73. The molecule has 0 bridgehead atoms. The fourth-order valence-electron chi connectivity index (χ4n) is 6.44. The number of aromatic nitrogens is 4. The minimum Gasteiger partial charge on any atom is -0.383 e. The lowest BCUT2D eigenvalue weighted by Gasteiger charge is -2.38. The molecule has 4 N–H and O–H groups in total. The molecule has 0 unspecified atom stereocenters. The molecule has 0 spiro atoms. The molecule has 238 valence electrons. The van der Waals surface area contributed by atoms with Gasteiger partial charge in [0.05, 0.1) is 11.3 Å². The molecule has 1 amide bonds. The van der Waals surface area contributed by atoms with Crippen molar-refractivity contribution in [3.8, 4) is 28.3 Å². The van der Waals surface area contributed by atoms with Gasteiger partial charge in [0.25, 0.3) is 0 Å². The Morgan fingerprint density at radius 2 is 1.61 bits per heavy atom. The average molecular weight is 637 g/mol. The van der Waals surface area contributed by atoms with Gasteiger partial charge in [-0.05, 0) is 73.4 Å². The number of halogens is 1. The largest absolute Gasteiger partial charge is 0.383 e. The summed E-state index contributed by atoms with van der Waals surface area (Å²) in [6, 6.07) is 24.8. The molecule has 10 heteroatoms. The monoisotopic (exact) mass is 636 g/mol. The normalized spacial score (nSPS) is 16.2. The van der Waals surface area contributed by atoms with Crippen molar-refractivity contribution in [2.45, 2.75) is 45.6 Å². The van der Waals surface area contributed by atoms with Gasteiger partial charge in [-0.15, -0.1) is 12.4 Å². The first kappa shape index (κ1) is 31.5. The molecule has 5 aromatic rings. The number of rotatable bonds is 5. The van der Waals surface area contributed by atoms with E-state index in [0.717, 1.165) is 77.3 Å². The molecule has 9 nitrogen and oxygen atoms in total. The summed E-state index contributed by atoms with van der Waals surface area (Å²) in [5, 5.41) is 0. The van der Waals surface area contributed by atoms with Crippen molar-refractivity contribution >= 4 is 41.0 Å². The number of piperazine rings is 1. The third kappa shape index (κ3) is 5.69. The number of anilines is 2. The van der Waals surface area contributed by atoms with Crippen molar-refractivity contribution in [2.24, 2.45) is 11.1 Å². The van der Waals surface area contributed by atoms with Crippen LogP contribution in [-0.2, 0) is 10.3 Å². The van der Waals surface area contributed by atoms with Gasteiger partial charge in [-0.3, -0.25) is 9.36 Å². The second-order valence-corrected chi connectivity index (χ2v) is 13.4. The first-order chi connectivity index (χ1) is 21.6. The maximum absolute atomic E-state index is 12.8. The second-order valence-electron chi connectivity index (χ2n) is 13.4. The molecule has 3 aromatic heterocycles. The summed E-state index contributed by atoms with van der Waals surface area (Å²) in [7, 11) is 0. The average Bonchev–Trinajstić information content (AvgIpc) is 3.42. The molecule has 1 saturated heterocycles. The van der Waals surface area contributed by atoms with Gasteiger partial charge in [0.2, 0.25) is 5.91 Å². The predicted octanol–water partition coefficient (Wildman–Crippen LogP) is 6.19. The van der Waals surface area contributed by atoms with Gasteiger partial charge in [0.1, 0.15) is 11.3 Å². The second kappa shape index (κ2) is 12.0. The Bertz CT molecular complexity index is 1880. The first-order valence-corrected chi connectivity index (χ1v) is 15.8. The summed E-state index contributed by atoms with van der Waals surface area (Å²) >= 11 is 0. The lowest BCUT2D eigenvalue weighted by molar-refractivity contribution is -0.139. The van der Waals surface area contributed by atoms with Gasteiger partial charge in [-0.1, -0.05) is 45.0 Å². The zero-order chi connectivity index (χ0) is 31.3. The van der Waals surface area contributed by atoms with Crippen LogP contribution in [0.3, 0.4) is 0 Å². The third-order valence-electron chi connectivity index (χ3n) is 9.25. The molecule has 2 aromatic carbocycles. The fraction of sp³-hybridized carbons (Fsp3) is 0.333. The number of carbonyl (C=O) groups excluding carboxylic acids is 1. The number of fused-ring (bicyclic) bond motifs is 1. The highest BCUT2D eigenvalue weighted by atomic mass is 35.5. The number of hydrogen-bond acceptors (Lipinski definition) is 7. The fourth-order valence-corrected chi connectivity index (χ4v) is 6.44. The van der Waals surface area contributed by atoms with Crippen LogP contribution >= 0.6 is 12.4 Å². The van der Waals surface area contributed by atoms with Gasteiger partial charge in [-0.25, -0.2) is 15.0 Å². The molecule has 46 heavy (non-hydrogen) atoms. The topological polar surface area (TPSA) is 119 Å². The summed E-state index contributed by atoms with van der Waals surface area (Å²) in [4.78, 5) is 31.6. The zero-order valence-corrected chi connectivity index (χ0v) is 27.4. The van der Waals surface area contributed by atoms with Crippen LogP contribution in [-0.4, -0.2) is 56.5 Å². The molecule has 1 aliphatic carbocycles. The Morgan fingerprint density at radius 1 is 0.870 bits per heavy atom. The molecular formula is C36H41ClN8O. The van der Waals surface area contributed by atoms with Crippen LogP contribution < -0.4 is 16.4 Å². The summed E-state index contributed by atoms with van der Waals surface area (Å²) in [6.45, 7) is 8.96. The van der Waals surface area contributed by atoms with Crippen molar-refractivity contribution in [3.63, 3.8) is 0 Å². The van der Waals surface area contributed by atoms with Crippen LogP contribution in [0.2, 0.25) is 0 Å². The van der Waals surface area contributed by atoms with E-state index >= 15 is 0 Å². The maximum Gasteiger partial charge on any atom is 0.228 e. The van der Waals surface area contributed by atoms with E-state index in [9.17, 15) is 4.79 Å². The standard InChI is InChI=1S/C36H40N8O.ClH/c1-35(2,3)34(45)43-21-19-42(20-22-43)27-8-4-7-24(23-27)29-14-15-30-33(40-29)44(32(41-30)28-9-5-18-39-31(28)37)26-12-10-25(11-13-26)36(38)16-6-17-36;/h4-5,7-15,18,23H,6,16-17,19-22,38H2,1-3H3,(H2,37,39);1H. The Labute approximate surface area is 276 Å². The highest BCUT2D eigenvalue weighted by Gasteiger charge is 2.34. The molecule has 0 radical (unpaired) electrons. The number of imidazole rings is 1. The van der Waals surface area contributed by atoms with Crippen molar-refractivity contribution in [3.05, 3.63) is 84.6 Å². The summed E-state index contributed by atoms with van der Waals surface area (Å²) in [6.07, 6.45) is 4.86. The zero-order valence-electron chi connectivity index (χ0n) is 26.6. The highest BCUT2D eigenvalue weighted by molar-refractivity contribution is 5.86. The smallest absolute Gasteiger partial charge is 0.228 e. The molecule has 2 aliphatic rings. The number of hydrogen-bond donors (Lipinski definition) is 2. The Hall–Kier alpha value is -4.47. The van der Waals surface area contributed by atoms with E-state index in [4.69, 9.17) is 21.4 Å². The van der Waals surface area contributed by atoms with Crippen molar-refractivity contribution in [2.75, 3.05) is 36.8 Å². The molecule has 1 saturated carbocycles. The van der Waals surface area contributed by atoms with E-state index in [1.54, 1.807) is 6.20 Å². The van der Waals surface area contributed by atoms with Crippen LogP contribution in [0.5, 0.6) is 0 Å². The van der Waals surface area contributed by atoms with Crippen LogP contribution in [0.4, 0.5) is 11.5 Å². The van der Waals surface area contributed by atoms with Gasteiger partial charge in [-0.2, -0.15) is 0 Å². The minimum absolute atomic E-state index is 0. The number of carbonyl (C=O) groups is 1. The molecule has 0 atom stereocenters. The maximum atomic E-state index is 12.8. The number of amides is 1. The van der Waals surface area contributed by atoms with E-state index in [-0.39, 0.29) is 29.3 Å². The lowest BCUT2D eigenvalue weighted by Crippen LogP contribution is -2.51. The van der Waals surface area contributed by atoms with E-state index in [0.29, 0.717) is 24.7 Å². The highest BCUT2D eigenvalue weighted by Crippen LogP contribution is 2.39. The van der Waals surface area contributed by atoms with Crippen molar-refractivity contribution in [1.29, 1.82) is 0 Å². The summed E-state index contributed by atoms with van der Waals surface area (Å²) in [5.41, 5.74) is 19.7. The van der Waals surface area contributed by atoms with Gasteiger partial charge >= 0.3 is 0 Å². The molecule has 2 fully saturated rings. The van der Waals surface area contributed by atoms with Crippen molar-refractivity contribution in [1.82, 2.24) is 24.4 Å². The van der Waals surface area contributed by atoms with Gasteiger partial charge < -0.3 is 21.3 Å². The minimum atomic E-state index is -0.368. The first-order valence-electron chi connectivity index (χ1n) is 15.8. The van der Waals surface area contributed by atoms with Crippen molar-refractivity contribution < 1.29 is 4.79 Å². The summed E-state index contributed by atoms with van der Waals surface area (Å²) in [5.74, 6) is 1.31. The number of pyridine rings is 2. The molecular weight excluding hydrogens is 596 g/mol. The number of nitrogen functional groups attached to an aromatic ring is 1. The summed E-state index contributed by atoms with van der Waals surface area (Å²) < 4.78 is 2.06. The van der Waals surface area contributed by atoms with E-state index in [1.165, 1.54) is 0 Å². The van der Waals surface area contributed by atoms with Crippen LogP contribution in [0.1, 0.15) is 45.6 Å². The number of nitrogens with two attached hydrogens (primary N) is 2. The predicted molar refractivity (Wildman–Crippen MR) is 187 cm³/mol. The molecule has 7 rings (SSSR count). The number of benzene rings is 2. The third-order valence-corrected chi connectivity index (χ3v) is 9.25. The Kier molecular flexibility index (Phi) is 8.25. The van der Waals surface area contributed by atoms with Crippen LogP contribution in [0.25, 0.3) is 39.5 Å².